The quantitative estimate of drug-likeness (QED) is 0.910. The smallest absolute Gasteiger partial charge is 0.222 e. The number of phenols is 1. The van der Waals surface area contributed by atoms with E-state index in [-0.39, 0.29) is 11.7 Å². The van der Waals surface area contributed by atoms with Crippen molar-refractivity contribution in [1.29, 1.82) is 0 Å². The lowest BCUT2D eigenvalue weighted by molar-refractivity contribution is -0.131. The van der Waals surface area contributed by atoms with Crippen molar-refractivity contribution in [2.45, 2.75) is 19.9 Å². The summed E-state index contributed by atoms with van der Waals surface area (Å²) in [5, 5.41) is 10.4. The lowest BCUT2D eigenvalue weighted by Crippen LogP contribution is -2.31. The van der Waals surface area contributed by atoms with Crippen LogP contribution in [0.3, 0.4) is 0 Å². The van der Waals surface area contributed by atoms with E-state index in [2.05, 4.69) is 0 Å². The Morgan fingerprint density at radius 3 is 2.62 bits per heavy atom. The normalized spacial score (nSPS) is 13.4. The molecular formula is C20H23NO5. The van der Waals surface area contributed by atoms with Gasteiger partial charge in [0.25, 0.3) is 0 Å². The summed E-state index contributed by atoms with van der Waals surface area (Å²) >= 11 is 0. The molecule has 6 heteroatoms. The molecule has 0 aliphatic carbocycles. The molecule has 0 unspecified atom stereocenters. The number of amides is 1. The topological polar surface area (TPSA) is 68.2 Å². The number of benzene rings is 2. The van der Waals surface area contributed by atoms with Gasteiger partial charge in [-0.2, -0.15) is 0 Å². The zero-order chi connectivity index (χ0) is 18.7. The number of fused-ring (bicyclic) bond motifs is 1. The van der Waals surface area contributed by atoms with Gasteiger partial charge in [-0.25, -0.2) is 0 Å². The molecule has 3 rings (SSSR count). The maximum atomic E-state index is 12.1. The number of carbonyl (C=O) groups is 1. The highest BCUT2D eigenvalue weighted by molar-refractivity contribution is 5.77. The van der Waals surface area contributed by atoms with Gasteiger partial charge in [0.2, 0.25) is 5.91 Å². The fraction of sp³-hybridized carbons (Fsp3) is 0.350. The molecule has 1 aliphatic rings. The van der Waals surface area contributed by atoms with Crippen LogP contribution in [-0.2, 0) is 11.3 Å². The molecule has 1 N–H and O–H groups in total. The first-order valence-corrected chi connectivity index (χ1v) is 8.56. The van der Waals surface area contributed by atoms with Crippen molar-refractivity contribution in [1.82, 2.24) is 4.90 Å². The van der Waals surface area contributed by atoms with Crippen LogP contribution in [0, 0.1) is 0 Å². The second-order valence-electron chi connectivity index (χ2n) is 6.07. The number of hydrogen-bond donors (Lipinski definition) is 1. The highest BCUT2D eigenvalue weighted by Gasteiger charge is 2.22. The summed E-state index contributed by atoms with van der Waals surface area (Å²) in [6.07, 6.45) is 0.441. The highest BCUT2D eigenvalue weighted by atomic mass is 16.5. The van der Waals surface area contributed by atoms with Crippen molar-refractivity contribution in [2.24, 2.45) is 0 Å². The van der Waals surface area contributed by atoms with Crippen LogP contribution in [0.25, 0.3) is 11.1 Å². The number of ether oxygens (including phenoxy) is 3. The maximum absolute atomic E-state index is 12.1. The second-order valence-corrected chi connectivity index (χ2v) is 6.07. The standard InChI is InChI=1S/C20H23NO5/c1-4-19(23)21-7-8-26-20-15(12-21)9-14(10-16(20)22)13-5-6-17(24-2)18(11-13)25-3/h5-6,9-11,22H,4,7-8,12H2,1-3H3. The van der Waals surface area contributed by atoms with E-state index in [1.54, 1.807) is 25.2 Å². The molecule has 1 aliphatic heterocycles. The molecule has 6 nitrogen and oxygen atoms in total. The molecular weight excluding hydrogens is 334 g/mol. The molecule has 0 spiro atoms. The van der Waals surface area contributed by atoms with Gasteiger partial charge in [0.05, 0.1) is 20.8 Å². The zero-order valence-electron chi connectivity index (χ0n) is 15.2. The minimum Gasteiger partial charge on any atom is -0.504 e. The monoisotopic (exact) mass is 357 g/mol. The van der Waals surface area contributed by atoms with E-state index in [0.717, 1.165) is 16.7 Å². The molecule has 0 saturated heterocycles. The van der Waals surface area contributed by atoms with E-state index in [0.29, 0.717) is 43.4 Å². The molecule has 2 aromatic carbocycles. The molecule has 0 fully saturated rings. The SMILES string of the molecule is CCC(=O)N1CCOc2c(O)cc(-c3ccc(OC)c(OC)c3)cc2C1. The van der Waals surface area contributed by atoms with Crippen molar-refractivity contribution in [3.8, 4) is 34.1 Å². The molecule has 26 heavy (non-hydrogen) atoms. The average Bonchev–Trinajstić information content (AvgIpc) is 2.89. The average molecular weight is 357 g/mol. The predicted molar refractivity (Wildman–Crippen MR) is 97.8 cm³/mol. The zero-order valence-corrected chi connectivity index (χ0v) is 15.2. The van der Waals surface area contributed by atoms with Gasteiger partial charge in [-0.1, -0.05) is 13.0 Å². The van der Waals surface area contributed by atoms with Gasteiger partial charge in [0.1, 0.15) is 6.61 Å². The van der Waals surface area contributed by atoms with Crippen molar-refractivity contribution < 1.29 is 24.1 Å². The highest BCUT2D eigenvalue weighted by Crippen LogP contribution is 2.39. The summed E-state index contributed by atoms with van der Waals surface area (Å²) in [6, 6.07) is 9.18. The van der Waals surface area contributed by atoms with E-state index in [4.69, 9.17) is 14.2 Å². The van der Waals surface area contributed by atoms with Crippen molar-refractivity contribution in [3.63, 3.8) is 0 Å². The van der Waals surface area contributed by atoms with Gasteiger partial charge < -0.3 is 24.2 Å². The van der Waals surface area contributed by atoms with E-state index in [1.807, 2.05) is 31.2 Å². The third kappa shape index (κ3) is 3.40. The number of aromatic hydroxyl groups is 1. The van der Waals surface area contributed by atoms with Crippen LogP contribution in [0.4, 0.5) is 0 Å². The number of methoxy groups -OCH3 is 2. The van der Waals surface area contributed by atoms with Crippen LogP contribution in [-0.4, -0.2) is 43.3 Å². The lowest BCUT2D eigenvalue weighted by Gasteiger charge is -2.19. The van der Waals surface area contributed by atoms with Gasteiger partial charge >= 0.3 is 0 Å². The van der Waals surface area contributed by atoms with Crippen LogP contribution < -0.4 is 14.2 Å². The second kappa shape index (κ2) is 7.56. The summed E-state index contributed by atoms with van der Waals surface area (Å²) in [7, 11) is 3.17. The molecule has 0 aromatic heterocycles. The Balaban J connectivity index is 2.02. The Morgan fingerprint density at radius 1 is 1.15 bits per heavy atom. The molecule has 1 amide bonds. The number of nitrogens with zero attached hydrogens (tertiary/aromatic N) is 1. The Labute approximate surface area is 152 Å². The number of carbonyl (C=O) groups excluding carboxylic acids is 1. The lowest BCUT2D eigenvalue weighted by atomic mass is 10.0. The summed E-state index contributed by atoms with van der Waals surface area (Å²) in [5.41, 5.74) is 2.48. The first-order valence-electron chi connectivity index (χ1n) is 8.56. The number of phenolic OH excluding ortho intramolecular Hbond substituents is 1. The van der Waals surface area contributed by atoms with E-state index >= 15 is 0 Å². The largest absolute Gasteiger partial charge is 0.504 e. The molecule has 0 radical (unpaired) electrons. The number of rotatable bonds is 4. The molecule has 0 saturated carbocycles. The van der Waals surface area contributed by atoms with E-state index < -0.39 is 0 Å². The van der Waals surface area contributed by atoms with Crippen LogP contribution in [0.2, 0.25) is 0 Å². The fourth-order valence-corrected chi connectivity index (χ4v) is 3.12. The summed E-state index contributed by atoms with van der Waals surface area (Å²) < 4.78 is 16.3. The number of hydrogen-bond acceptors (Lipinski definition) is 5. The first-order chi connectivity index (χ1) is 12.6. The maximum Gasteiger partial charge on any atom is 0.222 e. The van der Waals surface area contributed by atoms with Crippen molar-refractivity contribution in [3.05, 3.63) is 35.9 Å². The van der Waals surface area contributed by atoms with Crippen molar-refractivity contribution >= 4 is 5.91 Å². The predicted octanol–water partition coefficient (Wildman–Crippen LogP) is 3.21. The van der Waals surface area contributed by atoms with Gasteiger partial charge in [-0.05, 0) is 35.4 Å². The van der Waals surface area contributed by atoms with Crippen LogP contribution in [0.1, 0.15) is 18.9 Å². The summed E-state index contributed by atoms with van der Waals surface area (Å²) in [4.78, 5) is 13.9. The van der Waals surface area contributed by atoms with Gasteiger partial charge in [0.15, 0.2) is 23.0 Å². The van der Waals surface area contributed by atoms with E-state index in [9.17, 15) is 9.90 Å². The Bertz CT molecular complexity index is 818. The van der Waals surface area contributed by atoms with Gasteiger partial charge in [0, 0.05) is 18.5 Å². The Morgan fingerprint density at radius 2 is 1.92 bits per heavy atom. The van der Waals surface area contributed by atoms with Crippen LogP contribution in [0.5, 0.6) is 23.0 Å². The van der Waals surface area contributed by atoms with Crippen LogP contribution >= 0.6 is 0 Å². The Hall–Kier alpha value is -2.89. The van der Waals surface area contributed by atoms with Gasteiger partial charge in [-0.15, -0.1) is 0 Å². The first kappa shape index (κ1) is 17.9. The van der Waals surface area contributed by atoms with Crippen molar-refractivity contribution in [2.75, 3.05) is 27.4 Å². The summed E-state index contributed by atoms with van der Waals surface area (Å²) in [5.74, 6) is 1.83. The Kier molecular flexibility index (Phi) is 5.21. The molecule has 138 valence electrons. The third-order valence-corrected chi connectivity index (χ3v) is 4.49. The van der Waals surface area contributed by atoms with Gasteiger partial charge in [-0.3, -0.25) is 4.79 Å². The summed E-state index contributed by atoms with van der Waals surface area (Å²) in [6.45, 7) is 3.12. The molecule has 1 heterocycles. The molecule has 2 aromatic rings. The van der Waals surface area contributed by atoms with Crippen LogP contribution in [0.15, 0.2) is 30.3 Å². The third-order valence-electron chi connectivity index (χ3n) is 4.49. The minimum absolute atomic E-state index is 0.0671. The fourth-order valence-electron chi connectivity index (χ4n) is 3.12. The minimum atomic E-state index is 0.0671. The molecule has 0 bridgehead atoms. The van der Waals surface area contributed by atoms with E-state index in [1.165, 1.54) is 0 Å². The molecule has 0 atom stereocenters.